The van der Waals surface area contributed by atoms with E-state index in [1.807, 2.05) is 6.07 Å². The normalized spacial score (nSPS) is 19.4. The molecule has 1 fully saturated rings. The smallest absolute Gasteiger partial charge is 0.216 e. The highest BCUT2D eigenvalue weighted by atomic mass is 16.5. The van der Waals surface area contributed by atoms with E-state index < -0.39 is 0 Å². The minimum atomic E-state index is -0.0715. The predicted octanol–water partition coefficient (Wildman–Crippen LogP) is 1.12. The quantitative estimate of drug-likeness (QED) is 0.904. The van der Waals surface area contributed by atoms with E-state index in [0.29, 0.717) is 13.2 Å². The zero-order valence-corrected chi connectivity index (χ0v) is 13.2. The van der Waals surface area contributed by atoms with Crippen LogP contribution in [0.5, 0.6) is 0 Å². The molecule has 0 spiro atoms. The van der Waals surface area contributed by atoms with Gasteiger partial charge in [0.1, 0.15) is 11.6 Å². The van der Waals surface area contributed by atoms with Crippen molar-refractivity contribution >= 4 is 11.7 Å². The molecule has 1 atom stereocenters. The summed E-state index contributed by atoms with van der Waals surface area (Å²) in [5.74, 6) is 1.73. The Morgan fingerprint density at radius 3 is 2.95 bits per heavy atom. The molecule has 0 bridgehead atoms. The van der Waals surface area contributed by atoms with Gasteiger partial charge in [-0.25, -0.2) is 9.97 Å². The lowest BCUT2D eigenvalue weighted by molar-refractivity contribution is -0.119. The first kappa shape index (κ1) is 15.7. The maximum Gasteiger partial charge on any atom is 0.216 e. The second-order valence-corrected chi connectivity index (χ2v) is 6.36. The summed E-state index contributed by atoms with van der Waals surface area (Å²) in [4.78, 5) is 22.2. The molecule has 1 saturated heterocycles. The highest BCUT2D eigenvalue weighted by Crippen LogP contribution is 2.21. The molecule has 0 saturated carbocycles. The molecule has 1 aromatic heterocycles. The average Bonchev–Trinajstić information content (AvgIpc) is 2.45. The number of nitrogens with one attached hydrogen (secondary N) is 1. The van der Waals surface area contributed by atoms with Crippen LogP contribution in [0, 0.1) is 0 Å². The van der Waals surface area contributed by atoms with Gasteiger partial charge < -0.3 is 15.0 Å². The number of hydrogen-bond acceptors (Lipinski definition) is 5. The van der Waals surface area contributed by atoms with Crippen LogP contribution in [0.25, 0.3) is 0 Å². The van der Waals surface area contributed by atoms with Crippen LogP contribution in [0.3, 0.4) is 0 Å². The van der Waals surface area contributed by atoms with Gasteiger partial charge in [0.25, 0.3) is 0 Å². The molecule has 21 heavy (non-hydrogen) atoms. The first-order valence-electron chi connectivity index (χ1n) is 7.31. The largest absolute Gasteiger partial charge is 0.373 e. The zero-order chi connectivity index (χ0) is 15.5. The highest BCUT2D eigenvalue weighted by molar-refractivity contribution is 5.72. The Labute approximate surface area is 125 Å². The molecule has 1 aliphatic heterocycles. The average molecular weight is 292 g/mol. The summed E-state index contributed by atoms with van der Waals surface area (Å²) in [7, 11) is 0. The number of ether oxygens (including phenoxy) is 1. The van der Waals surface area contributed by atoms with Crippen molar-refractivity contribution in [2.24, 2.45) is 0 Å². The maximum absolute atomic E-state index is 11.0. The molecule has 6 nitrogen and oxygen atoms in total. The van der Waals surface area contributed by atoms with Crippen molar-refractivity contribution in [3.8, 4) is 0 Å². The van der Waals surface area contributed by atoms with Crippen LogP contribution in [0.15, 0.2) is 12.3 Å². The molecule has 1 N–H and O–H groups in total. The Hall–Kier alpha value is -1.69. The summed E-state index contributed by atoms with van der Waals surface area (Å²) in [5.41, 5.74) is -0.0715. The molecule has 0 aliphatic carbocycles. The van der Waals surface area contributed by atoms with Gasteiger partial charge in [-0.1, -0.05) is 20.8 Å². The summed E-state index contributed by atoms with van der Waals surface area (Å²) >= 11 is 0. The Balaban J connectivity index is 2.05. The number of nitrogens with zero attached hydrogens (tertiary/aromatic N) is 3. The molecular weight excluding hydrogens is 268 g/mol. The van der Waals surface area contributed by atoms with E-state index in [-0.39, 0.29) is 17.4 Å². The number of carbonyl (C=O) groups excluding carboxylic acids is 1. The maximum atomic E-state index is 11.0. The van der Waals surface area contributed by atoms with E-state index in [1.165, 1.54) is 6.92 Å². The minimum Gasteiger partial charge on any atom is -0.373 e. The molecule has 1 aliphatic rings. The Bertz CT molecular complexity index is 499. The number of hydrogen-bond donors (Lipinski definition) is 1. The summed E-state index contributed by atoms with van der Waals surface area (Å²) < 4.78 is 5.68. The van der Waals surface area contributed by atoms with Crippen LogP contribution in [0.4, 0.5) is 5.82 Å². The number of amides is 1. The molecule has 1 aromatic rings. The zero-order valence-electron chi connectivity index (χ0n) is 13.2. The Morgan fingerprint density at radius 1 is 1.52 bits per heavy atom. The lowest BCUT2D eigenvalue weighted by Crippen LogP contribution is -2.47. The molecule has 1 amide bonds. The van der Waals surface area contributed by atoms with Crippen molar-refractivity contribution in [1.29, 1.82) is 0 Å². The molecule has 0 aromatic carbocycles. The second kappa shape index (κ2) is 6.39. The monoisotopic (exact) mass is 292 g/mol. The van der Waals surface area contributed by atoms with Gasteiger partial charge in [0.2, 0.25) is 5.91 Å². The van der Waals surface area contributed by atoms with E-state index >= 15 is 0 Å². The SMILES string of the molecule is CC(=O)NC[C@@H]1CN(c2ccnc(C(C)(C)C)n2)CCO1. The predicted molar refractivity (Wildman–Crippen MR) is 81.4 cm³/mol. The summed E-state index contributed by atoms with van der Waals surface area (Å²) in [6, 6.07) is 1.93. The third-order valence-electron chi connectivity index (χ3n) is 3.35. The van der Waals surface area contributed by atoms with E-state index in [4.69, 9.17) is 4.74 Å². The van der Waals surface area contributed by atoms with Crippen LogP contribution in [-0.4, -0.2) is 48.2 Å². The Kier molecular flexibility index (Phi) is 4.77. The molecule has 116 valence electrons. The third kappa shape index (κ3) is 4.39. The van der Waals surface area contributed by atoms with E-state index in [0.717, 1.165) is 24.7 Å². The third-order valence-corrected chi connectivity index (χ3v) is 3.35. The van der Waals surface area contributed by atoms with Crippen molar-refractivity contribution < 1.29 is 9.53 Å². The van der Waals surface area contributed by atoms with Crippen LogP contribution in [0.1, 0.15) is 33.5 Å². The lowest BCUT2D eigenvalue weighted by Gasteiger charge is -2.34. The molecule has 2 heterocycles. The molecule has 0 unspecified atom stereocenters. The van der Waals surface area contributed by atoms with Crippen LogP contribution >= 0.6 is 0 Å². The second-order valence-electron chi connectivity index (χ2n) is 6.36. The van der Waals surface area contributed by atoms with Gasteiger partial charge in [0.15, 0.2) is 0 Å². The number of anilines is 1. The summed E-state index contributed by atoms with van der Waals surface area (Å²) in [5, 5.41) is 2.80. The van der Waals surface area contributed by atoms with Crippen LogP contribution < -0.4 is 10.2 Å². The van der Waals surface area contributed by atoms with Crippen molar-refractivity contribution in [2.75, 3.05) is 31.1 Å². The van der Waals surface area contributed by atoms with Gasteiger partial charge in [-0.3, -0.25) is 4.79 Å². The first-order chi connectivity index (χ1) is 9.86. The van der Waals surface area contributed by atoms with E-state index in [9.17, 15) is 4.79 Å². The minimum absolute atomic E-state index is 0.00398. The van der Waals surface area contributed by atoms with Crippen molar-refractivity contribution in [1.82, 2.24) is 15.3 Å². The van der Waals surface area contributed by atoms with Gasteiger partial charge in [0, 0.05) is 38.2 Å². The van der Waals surface area contributed by atoms with E-state index in [2.05, 4.69) is 41.0 Å². The fourth-order valence-electron chi connectivity index (χ4n) is 2.20. The standard InChI is InChI=1S/C15H24N4O2/c1-11(20)17-9-12-10-19(7-8-21-12)13-5-6-16-14(18-13)15(2,3)4/h5-6,12H,7-10H2,1-4H3,(H,17,20)/t12-/m1/s1. The van der Waals surface area contributed by atoms with E-state index in [1.54, 1.807) is 6.20 Å². The molecule has 6 heteroatoms. The number of rotatable bonds is 3. The van der Waals surface area contributed by atoms with Crippen LogP contribution in [-0.2, 0) is 14.9 Å². The summed E-state index contributed by atoms with van der Waals surface area (Å²) in [6.45, 7) is 10.5. The lowest BCUT2D eigenvalue weighted by atomic mass is 9.96. The first-order valence-corrected chi connectivity index (χ1v) is 7.31. The molecular formula is C15H24N4O2. The van der Waals surface area contributed by atoms with Gasteiger partial charge in [-0.2, -0.15) is 0 Å². The number of aromatic nitrogens is 2. The number of morpholine rings is 1. The topological polar surface area (TPSA) is 67.4 Å². The van der Waals surface area contributed by atoms with Crippen LogP contribution in [0.2, 0.25) is 0 Å². The molecule has 2 rings (SSSR count). The Morgan fingerprint density at radius 2 is 2.29 bits per heavy atom. The van der Waals surface area contributed by atoms with Gasteiger partial charge in [0.05, 0.1) is 12.7 Å². The fraction of sp³-hybridized carbons (Fsp3) is 0.667. The van der Waals surface area contributed by atoms with Crippen molar-refractivity contribution in [2.45, 2.75) is 39.2 Å². The summed E-state index contributed by atoms with van der Waals surface area (Å²) in [6.07, 6.45) is 1.80. The van der Waals surface area contributed by atoms with Crippen molar-refractivity contribution in [3.63, 3.8) is 0 Å². The fourth-order valence-corrected chi connectivity index (χ4v) is 2.20. The van der Waals surface area contributed by atoms with Gasteiger partial charge >= 0.3 is 0 Å². The highest BCUT2D eigenvalue weighted by Gasteiger charge is 2.23. The van der Waals surface area contributed by atoms with Crippen molar-refractivity contribution in [3.05, 3.63) is 18.1 Å². The number of carbonyl (C=O) groups is 1. The van der Waals surface area contributed by atoms with Gasteiger partial charge in [-0.15, -0.1) is 0 Å². The molecule has 0 radical (unpaired) electrons. The van der Waals surface area contributed by atoms with Gasteiger partial charge in [-0.05, 0) is 6.07 Å².